The van der Waals surface area contributed by atoms with Gasteiger partial charge in [-0.3, -0.25) is 19.2 Å². The number of ether oxygens (including phenoxy) is 1. The number of halogens is 4. The number of carbonyl (C=O) groups excluding carboxylic acids is 3. The average Bonchev–Trinajstić information content (AvgIpc) is 3.37. The Hall–Kier alpha value is -3.51. The number of nitrogens with one attached hydrogen (secondary N) is 1. The van der Waals surface area contributed by atoms with E-state index in [4.69, 9.17) is 16.3 Å². The van der Waals surface area contributed by atoms with Crippen LogP contribution in [0.2, 0.25) is 5.02 Å². The Morgan fingerprint density at radius 1 is 1.14 bits per heavy atom. The SMILES string of the molecule is CC(C)[C@@H](CN1C(=O)S/C(=C\c2ccc3c(cnn3Cc3ccc(Cl)cc3C(F)(F)F)c2)C1=O)NC(=O)OC(C)(C)C. The Balaban J connectivity index is 1.51. The van der Waals surface area contributed by atoms with Crippen LogP contribution in [0, 0.1) is 5.92 Å². The molecule has 8 nitrogen and oxygen atoms in total. The third-order valence-corrected chi connectivity index (χ3v) is 7.56. The van der Waals surface area contributed by atoms with Crippen LogP contribution in [0.1, 0.15) is 51.3 Å². The van der Waals surface area contributed by atoms with Gasteiger partial charge in [-0.05, 0) is 79.9 Å². The minimum atomic E-state index is -4.57. The molecule has 224 valence electrons. The average molecular weight is 623 g/mol. The van der Waals surface area contributed by atoms with Crippen LogP contribution in [0.4, 0.5) is 22.8 Å². The van der Waals surface area contributed by atoms with Crippen molar-refractivity contribution in [1.29, 1.82) is 0 Å². The highest BCUT2D eigenvalue weighted by atomic mass is 35.5. The molecule has 4 rings (SSSR count). The van der Waals surface area contributed by atoms with Gasteiger partial charge in [0.25, 0.3) is 11.1 Å². The minimum Gasteiger partial charge on any atom is -0.444 e. The van der Waals surface area contributed by atoms with Crippen molar-refractivity contribution in [3.63, 3.8) is 0 Å². The highest BCUT2D eigenvalue weighted by Gasteiger charge is 2.38. The van der Waals surface area contributed by atoms with E-state index in [1.54, 1.807) is 45.0 Å². The van der Waals surface area contributed by atoms with Gasteiger partial charge in [-0.25, -0.2) is 4.79 Å². The van der Waals surface area contributed by atoms with Gasteiger partial charge in [-0.2, -0.15) is 18.3 Å². The molecule has 1 aromatic heterocycles. The van der Waals surface area contributed by atoms with Gasteiger partial charge in [0.05, 0.1) is 41.3 Å². The van der Waals surface area contributed by atoms with E-state index in [2.05, 4.69) is 10.4 Å². The minimum absolute atomic E-state index is 0.00974. The first-order valence-electron chi connectivity index (χ1n) is 13.1. The van der Waals surface area contributed by atoms with E-state index in [0.29, 0.717) is 16.5 Å². The molecule has 13 heteroatoms. The number of rotatable bonds is 7. The summed E-state index contributed by atoms with van der Waals surface area (Å²) in [6.07, 6.45) is -2.10. The van der Waals surface area contributed by atoms with Crippen LogP contribution in [-0.2, 0) is 22.3 Å². The first-order chi connectivity index (χ1) is 19.5. The third kappa shape index (κ3) is 7.46. The van der Waals surface area contributed by atoms with E-state index in [0.717, 1.165) is 22.7 Å². The molecule has 3 amide bonds. The maximum absolute atomic E-state index is 13.6. The summed E-state index contributed by atoms with van der Waals surface area (Å²) in [6, 6.07) is 8.23. The molecule has 3 aromatic rings. The number of hydrogen-bond donors (Lipinski definition) is 1. The van der Waals surface area contributed by atoms with Crippen LogP contribution in [0.15, 0.2) is 47.5 Å². The zero-order chi connectivity index (χ0) is 31.0. The number of alkyl carbamates (subject to hydrolysis) is 1. The number of imide groups is 1. The lowest BCUT2D eigenvalue weighted by molar-refractivity contribution is -0.138. The number of alkyl halides is 3. The highest BCUT2D eigenvalue weighted by molar-refractivity contribution is 8.18. The predicted octanol–water partition coefficient (Wildman–Crippen LogP) is 7.34. The molecule has 1 aliphatic heterocycles. The Morgan fingerprint density at radius 2 is 1.86 bits per heavy atom. The van der Waals surface area contributed by atoms with Crippen molar-refractivity contribution in [2.45, 2.75) is 59.0 Å². The van der Waals surface area contributed by atoms with Crippen molar-refractivity contribution >= 4 is 57.6 Å². The summed E-state index contributed by atoms with van der Waals surface area (Å²) >= 11 is 6.59. The summed E-state index contributed by atoms with van der Waals surface area (Å²) in [5.74, 6) is -0.574. The van der Waals surface area contributed by atoms with Crippen LogP contribution >= 0.6 is 23.4 Å². The van der Waals surface area contributed by atoms with Gasteiger partial charge in [0, 0.05) is 10.4 Å². The van der Waals surface area contributed by atoms with E-state index >= 15 is 0 Å². The van der Waals surface area contributed by atoms with Crippen molar-refractivity contribution in [2.24, 2.45) is 5.92 Å². The van der Waals surface area contributed by atoms with Gasteiger partial charge in [0.2, 0.25) is 0 Å². The smallest absolute Gasteiger partial charge is 0.416 e. The summed E-state index contributed by atoms with van der Waals surface area (Å²) in [4.78, 5) is 39.5. The molecule has 1 fully saturated rings. The largest absolute Gasteiger partial charge is 0.444 e. The van der Waals surface area contributed by atoms with Crippen LogP contribution in [0.3, 0.4) is 0 Å². The fourth-order valence-electron chi connectivity index (χ4n) is 4.32. The monoisotopic (exact) mass is 622 g/mol. The van der Waals surface area contributed by atoms with Gasteiger partial charge >= 0.3 is 12.3 Å². The summed E-state index contributed by atoms with van der Waals surface area (Å²) < 4.78 is 47.4. The molecule has 1 N–H and O–H groups in total. The Labute approximate surface area is 250 Å². The van der Waals surface area contributed by atoms with Gasteiger partial charge in [-0.1, -0.05) is 37.6 Å². The van der Waals surface area contributed by atoms with Gasteiger partial charge in [-0.15, -0.1) is 0 Å². The Bertz CT molecular complexity index is 1560. The molecule has 0 bridgehead atoms. The van der Waals surface area contributed by atoms with Crippen molar-refractivity contribution in [2.75, 3.05) is 6.54 Å². The van der Waals surface area contributed by atoms with Crippen molar-refractivity contribution in [1.82, 2.24) is 20.0 Å². The zero-order valence-corrected chi connectivity index (χ0v) is 25.2. The maximum atomic E-state index is 13.6. The second kappa shape index (κ2) is 12.0. The first kappa shape index (κ1) is 31.4. The molecule has 2 aromatic carbocycles. The van der Waals surface area contributed by atoms with Crippen LogP contribution in [-0.4, -0.2) is 50.1 Å². The number of aromatic nitrogens is 2. The summed E-state index contributed by atoms with van der Waals surface area (Å²) in [5.41, 5.74) is -0.294. The molecular formula is C29H30ClF3N4O4S. The fourth-order valence-corrected chi connectivity index (χ4v) is 5.34. The molecule has 2 heterocycles. The van der Waals surface area contributed by atoms with Gasteiger partial charge in [0.1, 0.15) is 5.60 Å². The second-order valence-electron chi connectivity index (χ2n) is 11.2. The molecule has 0 unspecified atom stereocenters. The number of fused-ring (bicyclic) bond motifs is 1. The van der Waals surface area contributed by atoms with E-state index in [9.17, 15) is 27.6 Å². The lowest BCUT2D eigenvalue weighted by Crippen LogP contribution is -2.49. The fraction of sp³-hybridized carbons (Fsp3) is 0.379. The predicted molar refractivity (Wildman–Crippen MR) is 156 cm³/mol. The van der Waals surface area contributed by atoms with Gasteiger partial charge < -0.3 is 10.1 Å². The maximum Gasteiger partial charge on any atom is 0.416 e. The molecular weight excluding hydrogens is 593 g/mol. The number of amides is 3. The van der Waals surface area contributed by atoms with Crippen LogP contribution in [0.25, 0.3) is 17.0 Å². The molecule has 0 spiro atoms. The Morgan fingerprint density at radius 3 is 2.50 bits per heavy atom. The number of benzene rings is 2. The van der Waals surface area contributed by atoms with Crippen molar-refractivity contribution in [3.8, 4) is 0 Å². The number of nitrogens with zero attached hydrogens (tertiary/aromatic N) is 3. The van der Waals surface area contributed by atoms with Gasteiger partial charge in [0.15, 0.2) is 0 Å². The van der Waals surface area contributed by atoms with E-state index in [1.807, 2.05) is 13.8 Å². The van der Waals surface area contributed by atoms with E-state index < -0.39 is 40.6 Å². The van der Waals surface area contributed by atoms with E-state index in [1.165, 1.54) is 23.0 Å². The normalized spacial score (nSPS) is 16.1. The lowest BCUT2D eigenvalue weighted by Gasteiger charge is -2.28. The zero-order valence-electron chi connectivity index (χ0n) is 23.6. The van der Waals surface area contributed by atoms with Crippen molar-refractivity contribution < 1.29 is 32.3 Å². The Kier molecular flexibility index (Phi) is 8.98. The molecule has 42 heavy (non-hydrogen) atoms. The molecule has 1 aliphatic rings. The lowest BCUT2D eigenvalue weighted by atomic mass is 10.0. The molecule has 1 saturated heterocycles. The molecule has 0 aliphatic carbocycles. The number of carbonyl (C=O) groups is 3. The molecule has 0 radical (unpaired) electrons. The first-order valence-corrected chi connectivity index (χ1v) is 14.3. The second-order valence-corrected chi connectivity index (χ2v) is 12.6. The topological polar surface area (TPSA) is 93.5 Å². The molecule has 0 saturated carbocycles. The third-order valence-electron chi connectivity index (χ3n) is 6.42. The highest BCUT2D eigenvalue weighted by Crippen LogP contribution is 2.35. The summed E-state index contributed by atoms with van der Waals surface area (Å²) in [6.45, 7) is 8.81. The van der Waals surface area contributed by atoms with Crippen molar-refractivity contribution in [3.05, 3.63) is 69.2 Å². The van der Waals surface area contributed by atoms with Crippen LogP contribution in [0.5, 0.6) is 0 Å². The quantitative estimate of drug-likeness (QED) is 0.277. The number of hydrogen-bond acceptors (Lipinski definition) is 6. The standard InChI is InChI=1S/C29H30ClF3N4O4S/c1-16(2)22(35-26(39)41-28(3,4)5)15-36-25(38)24(42-27(36)40)11-17-6-9-23-19(10-17)13-34-37(23)14-18-7-8-20(30)12-21(18)29(31,32)33/h6-13,16,22H,14-15H2,1-5H3,(H,35,39)/b24-11-/t22-/m1/s1. The number of thioether (sulfide) groups is 1. The summed E-state index contributed by atoms with van der Waals surface area (Å²) in [5, 5.41) is 7.18. The molecule has 1 atom stereocenters. The van der Waals surface area contributed by atoms with Crippen LogP contribution < -0.4 is 5.32 Å². The van der Waals surface area contributed by atoms with E-state index in [-0.39, 0.29) is 34.5 Å². The summed E-state index contributed by atoms with van der Waals surface area (Å²) in [7, 11) is 0.